The molecule has 0 fully saturated rings. The van der Waals surface area contributed by atoms with Gasteiger partial charge in [-0.1, -0.05) is 0 Å². The van der Waals surface area contributed by atoms with Crippen LogP contribution in [0, 0.1) is 0 Å². The first kappa shape index (κ1) is 8.57. The normalized spacial score (nSPS) is 11.6. The Labute approximate surface area is 55.7 Å². The van der Waals surface area contributed by atoms with Crippen molar-refractivity contribution in [3.05, 3.63) is 0 Å². The minimum atomic E-state index is -0.819. The molecule has 0 rings (SSSR count). The molecule has 0 saturated heterocycles. The van der Waals surface area contributed by atoms with Crippen LogP contribution in [0.5, 0.6) is 0 Å². The first-order chi connectivity index (χ1) is 3.81. The summed E-state index contributed by atoms with van der Waals surface area (Å²) in [6, 6.07) is 0. The predicted molar refractivity (Wildman–Crippen MR) is 41.7 cm³/mol. The number of rotatable bonds is 3. The second-order valence-electron chi connectivity index (χ2n) is 1.19. The molecule has 1 radical (unpaired) electrons. The summed E-state index contributed by atoms with van der Waals surface area (Å²) in [6.45, 7) is 4.81. The molecule has 8 heavy (non-hydrogen) atoms. The first-order valence-corrected chi connectivity index (χ1v) is 3.78. The summed E-state index contributed by atoms with van der Waals surface area (Å²) in [5, 5.41) is 0. The molecule has 0 aromatic rings. The monoisotopic (exact) mass is 121 g/mol. The zero-order valence-electron chi connectivity index (χ0n) is 4.83. The Balaban J connectivity index is 3.35. The van der Waals surface area contributed by atoms with Gasteiger partial charge in [0.25, 0.3) is 0 Å². The van der Waals surface area contributed by atoms with Gasteiger partial charge in [0.15, 0.2) is 0 Å². The van der Waals surface area contributed by atoms with Gasteiger partial charge in [-0.05, 0) is 0 Å². The van der Waals surface area contributed by atoms with Crippen LogP contribution in [0.15, 0.2) is 0 Å². The Morgan fingerprint density at radius 1 is 1.75 bits per heavy atom. The molecule has 0 aliphatic heterocycles. The van der Waals surface area contributed by atoms with E-state index in [-0.39, 0.29) is 0 Å². The van der Waals surface area contributed by atoms with Gasteiger partial charge in [-0.25, -0.2) is 0 Å². The molecule has 0 heterocycles. The van der Waals surface area contributed by atoms with Crippen LogP contribution in [0.25, 0.3) is 0 Å². The maximum absolute atomic E-state index is 10.5. The van der Waals surface area contributed by atoms with E-state index in [1.54, 1.807) is 12.8 Å². The van der Waals surface area contributed by atoms with Gasteiger partial charge in [0, 0.05) is 0 Å². The second-order valence-corrected chi connectivity index (χ2v) is 2.80. The van der Waals surface area contributed by atoms with E-state index in [0.29, 0.717) is 5.75 Å². The third-order valence-electron chi connectivity index (χ3n) is 0.626. The van der Waals surface area contributed by atoms with Crippen LogP contribution in [-0.4, -0.2) is 37.1 Å². The van der Waals surface area contributed by atoms with Gasteiger partial charge in [-0.15, -0.1) is 0 Å². The topological polar surface area (TPSA) is 23.1 Å². The fraction of sp³-hybridized carbons (Fsp3) is 1.00. The number of hydrogen-bond donors (Lipinski definition) is 0. The van der Waals surface area contributed by atoms with Crippen LogP contribution in [0.2, 0.25) is 0 Å². The molecule has 0 bridgehead atoms. The molecular formula is C2H5B4OS. The third-order valence-corrected chi connectivity index (χ3v) is 1.66. The summed E-state index contributed by atoms with van der Waals surface area (Å²) in [7, 11) is 4.99. The van der Waals surface area contributed by atoms with E-state index < -0.39 is 11.0 Å². The molecule has 0 amide bonds. The summed E-state index contributed by atoms with van der Waals surface area (Å²) in [6.07, 6.45) is 1.57. The molecule has 1 atom stereocenters. The summed E-state index contributed by atoms with van der Waals surface area (Å²) in [5.41, 5.74) is 0. The first-order valence-electron chi connectivity index (χ1n) is 2.40. The number of hydrogen-bond acceptors (Lipinski definition) is 1. The summed E-state index contributed by atoms with van der Waals surface area (Å²) < 4.78 is 10.5. The Hall–Kier alpha value is 0.570. The van der Waals surface area contributed by atoms with E-state index in [9.17, 15) is 4.55 Å². The molecule has 0 saturated carbocycles. The molecule has 0 aromatic carbocycles. The van der Waals surface area contributed by atoms with E-state index in [1.165, 1.54) is 6.69 Å². The van der Waals surface area contributed by atoms with Crippen molar-refractivity contribution in [3.8, 4) is 0 Å². The van der Waals surface area contributed by atoms with Gasteiger partial charge in [0.1, 0.15) is 0 Å². The zero-order chi connectivity index (χ0) is 6.41. The molecule has 1 nitrogen and oxygen atoms in total. The van der Waals surface area contributed by atoms with Crippen molar-refractivity contribution in [1.29, 1.82) is 0 Å². The van der Waals surface area contributed by atoms with Gasteiger partial charge in [-0.2, -0.15) is 0 Å². The minimum absolute atomic E-state index is 0.657. The van der Waals surface area contributed by atoms with Crippen molar-refractivity contribution in [2.45, 2.75) is 6.92 Å². The molecular weight excluding hydrogens is 115 g/mol. The van der Waals surface area contributed by atoms with E-state index in [4.69, 9.17) is 7.37 Å². The molecule has 0 spiro atoms. The molecule has 1 unspecified atom stereocenters. The maximum atomic E-state index is 10.5. The molecule has 0 aliphatic rings. The molecule has 0 N–H and O–H groups in total. The van der Waals surface area contributed by atoms with Gasteiger partial charge >= 0.3 is 55.1 Å². The molecule has 0 aromatic heterocycles. The second kappa shape index (κ2) is 5.70. The fourth-order valence-corrected chi connectivity index (χ4v) is 0.688. The average molecular weight is 120 g/mol. The van der Waals surface area contributed by atoms with Gasteiger partial charge in [0.2, 0.25) is 0 Å². The van der Waals surface area contributed by atoms with Crippen LogP contribution < -0.4 is 0 Å². The van der Waals surface area contributed by atoms with Crippen LogP contribution in [0.1, 0.15) is 6.92 Å². The SMILES string of the molecule is [B]=BB=B[S+]([O-])CC. The van der Waals surface area contributed by atoms with Crippen LogP contribution in [0.4, 0.5) is 0 Å². The van der Waals surface area contributed by atoms with Crippen LogP contribution >= 0.6 is 0 Å². The molecule has 0 aliphatic carbocycles. The Morgan fingerprint density at radius 2 is 2.38 bits per heavy atom. The van der Waals surface area contributed by atoms with Gasteiger partial charge < -0.3 is 0 Å². The van der Waals surface area contributed by atoms with E-state index in [2.05, 4.69) is 0 Å². The standard InChI is InChI=1S/C2H5B4OS/c1-2-8(7)6-5-4-3/h2H2,1H3. The van der Waals surface area contributed by atoms with Crippen LogP contribution in [-0.2, 0) is 11.0 Å². The van der Waals surface area contributed by atoms with E-state index in [0.717, 1.165) is 0 Å². The molecule has 37 valence electrons. The van der Waals surface area contributed by atoms with Crippen molar-refractivity contribution >= 4 is 37.9 Å². The van der Waals surface area contributed by atoms with Gasteiger partial charge in [0.05, 0.1) is 0 Å². The van der Waals surface area contributed by atoms with Crippen molar-refractivity contribution in [2.24, 2.45) is 0 Å². The third kappa shape index (κ3) is 4.72. The van der Waals surface area contributed by atoms with Crippen molar-refractivity contribution in [2.75, 3.05) is 5.75 Å². The Kier molecular flexibility index (Phi) is 6.11. The van der Waals surface area contributed by atoms with Crippen molar-refractivity contribution in [1.82, 2.24) is 0 Å². The summed E-state index contributed by atoms with van der Waals surface area (Å²) in [5.74, 6) is 0.657. The summed E-state index contributed by atoms with van der Waals surface area (Å²) >= 11 is -0.819. The fourth-order valence-electron chi connectivity index (χ4n) is 0.229. The van der Waals surface area contributed by atoms with E-state index >= 15 is 0 Å². The predicted octanol–water partition coefficient (Wildman–Crippen LogP) is -1.30. The summed E-state index contributed by atoms with van der Waals surface area (Å²) in [4.78, 5) is 0. The average Bonchev–Trinajstić information content (AvgIpc) is 1.83. The van der Waals surface area contributed by atoms with Crippen LogP contribution in [0.3, 0.4) is 0 Å². The Bertz CT molecular complexity index is 94.0. The van der Waals surface area contributed by atoms with E-state index in [1.807, 2.05) is 6.92 Å². The van der Waals surface area contributed by atoms with Crippen molar-refractivity contribution in [3.63, 3.8) is 0 Å². The molecule has 6 heteroatoms. The quantitative estimate of drug-likeness (QED) is 0.335. The van der Waals surface area contributed by atoms with Crippen molar-refractivity contribution < 1.29 is 4.55 Å². The Morgan fingerprint density at radius 3 is 2.75 bits per heavy atom. The van der Waals surface area contributed by atoms with Gasteiger partial charge in [-0.3, -0.25) is 0 Å². The zero-order valence-corrected chi connectivity index (χ0v) is 5.65.